The second-order valence-electron chi connectivity index (χ2n) is 9.31. The Morgan fingerprint density at radius 1 is 1.27 bits per heavy atom. The van der Waals surface area contributed by atoms with Crippen LogP contribution in [0.2, 0.25) is 0 Å². The summed E-state index contributed by atoms with van der Waals surface area (Å²) < 4.78 is 0. The molecule has 2 aliphatic heterocycles. The molecule has 1 saturated carbocycles. The number of guanidine groups is 1. The van der Waals surface area contributed by atoms with E-state index in [2.05, 4.69) is 10.3 Å². The van der Waals surface area contributed by atoms with Crippen LogP contribution in [0, 0.1) is 17.2 Å². The second-order valence-corrected chi connectivity index (χ2v) is 9.31. The largest absolute Gasteiger partial charge is 0.342 e. The summed E-state index contributed by atoms with van der Waals surface area (Å²) in [5.74, 6) is 1.17. The van der Waals surface area contributed by atoms with Crippen LogP contribution in [0.5, 0.6) is 0 Å². The van der Waals surface area contributed by atoms with Crippen molar-refractivity contribution >= 4 is 17.8 Å². The number of likely N-dealkylation sites (N-methyl/N-ethyl adjacent to an activating group) is 1. The highest BCUT2D eigenvalue weighted by Gasteiger charge is 2.49. The zero-order valence-electron chi connectivity index (χ0n) is 17.9. The first-order chi connectivity index (χ1) is 14.5. The van der Waals surface area contributed by atoms with Gasteiger partial charge in [-0.25, -0.2) is 0 Å². The highest BCUT2D eigenvalue weighted by atomic mass is 16.2. The number of amides is 2. The fourth-order valence-corrected chi connectivity index (χ4v) is 5.47. The van der Waals surface area contributed by atoms with Crippen molar-refractivity contribution in [3.63, 3.8) is 0 Å². The van der Waals surface area contributed by atoms with Crippen molar-refractivity contribution in [3.05, 3.63) is 30.1 Å². The van der Waals surface area contributed by atoms with E-state index in [0.717, 1.165) is 19.3 Å². The van der Waals surface area contributed by atoms with E-state index in [1.807, 2.05) is 4.90 Å². The third-order valence-corrected chi connectivity index (χ3v) is 7.23. The molecule has 1 aliphatic carbocycles. The second kappa shape index (κ2) is 8.74. The zero-order valence-corrected chi connectivity index (χ0v) is 17.9. The Balaban J connectivity index is 1.42. The van der Waals surface area contributed by atoms with Gasteiger partial charge in [-0.15, -0.1) is 0 Å². The molecule has 2 atom stereocenters. The molecule has 0 radical (unpaired) electrons. The number of nitrogens with zero attached hydrogens (tertiary/aromatic N) is 3. The summed E-state index contributed by atoms with van der Waals surface area (Å²) in [5.41, 5.74) is -0.0804. The Hall–Kier alpha value is -2.44. The van der Waals surface area contributed by atoms with E-state index in [0.29, 0.717) is 31.0 Å². The van der Waals surface area contributed by atoms with Gasteiger partial charge in [0.25, 0.3) is 11.8 Å². The number of nitrogens with one attached hydrogen (secondary N) is 2. The molecular weight excluding hydrogens is 378 g/mol. The molecule has 30 heavy (non-hydrogen) atoms. The number of aromatic nitrogens is 1. The van der Waals surface area contributed by atoms with Crippen LogP contribution in [-0.4, -0.2) is 58.2 Å². The maximum Gasteiger partial charge on any atom is 0.255 e. The topological polar surface area (TPSA) is 89.4 Å². The lowest BCUT2D eigenvalue weighted by Crippen LogP contribution is -2.49. The summed E-state index contributed by atoms with van der Waals surface area (Å²) in [5, 5.41) is 11.4. The van der Waals surface area contributed by atoms with Crippen LogP contribution in [0.3, 0.4) is 0 Å². The lowest BCUT2D eigenvalue weighted by atomic mass is 9.78. The molecule has 0 bridgehead atoms. The van der Waals surface area contributed by atoms with Gasteiger partial charge in [-0.05, 0) is 49.7 Å². The number of carbonyl (C=O) groups excluding carboxylic acids is 2. The molecule has 3 aliphatic rings. The maximum atomic E-state index is 13.2. The zero-order chi connectivity index (χ0) is 21.1. The van der Waals surface area contributed by atoms with Crippen molar-refractivity contribution in [1.29, 1.82) is 5.41 Å². The highest BCUT2D eigenvalue weighted by Crippen LogP contribution is 2.36. The molecule has 7 nitrogen and oxygen atoms in total. The lowest BCUT2D eigenvalue weighted by molar-refractivity contribution is -0.131. The first-order valence-corrected chi connectivity index (χ1v) is 11.3. The first-order valence-electron chi connectivity index (χ1n) is 11.3. The number of pyridine rings is 1. The summed E-state index contributed by atoms with van der Waals surface area (Å²) in [4.78, 5) is 33.3. The van der Waals surface area contributed by atoms with Crippen molar-refractivity contribution in [2.75, 3.05) is 20.1 Å². The predicted molar refractivity (Wildman–Crippen MR) is 115 cm³/mol. The monoisotopic (exact) mass is 411 g/mol. The molecule has 7 heteroatoms. The SMILES string of the molecule is CN1C(=N)N[C@@](CCC2CCCCC2)(C[C@@H]2CCN(C(=O)c3cccnc3)C2)C1=O. The smallest absolute Gasteiger partial charge is 0.255 e. The van der Waals surface area contributed by atoms with Gasteiger partial charge >= 0.3 is 0 Å². The number of rotatable bonds is 6. The van der Waals surface area contributed by atoms with E-state index in [1.54, 1.807) is 31.6 Å². The molecule has 3 heterocycles. The van der Waals surface area contributed by atoms with Crippen LogP contribution >= 0.6 is 0 Å². The Morgan fingerprint density at radius 2 is 2.07 bits per heavy atom. The van der Waals surface area contributed by atoms with E-state index >= 15 is 0 Å². The fraction of sp³-hybridized carbons (Fsp3) is 0.652. The van der Waals surface area contributed by atoms with Crippen LogP contribution < -0.4 is 5.32 Å². The Morgan fingerprint density at radius 3 is 2.73 bits per heavy atom. The Bertz CT molecular complexity index is 792. The Kier molecular flexibility index (Phi) is 6.06. The third-order valence-electron chi connectivity index (χ3n) is 7.23. The molecule has 2 saturated heterocycles. The summed E-state index contributed by atoms with van der Waals surface area (Å²) in [6.45, 7) is 1.36. The molecule has 4 rings (SSSR count). The summed E-state index contributed by atoms with van der Waals surface area (Å²) in [6, 6.07) is 3.58. The number of hydrogen-bond acceptors (Lipinski definition) is 4. The average Bonchev–Trinajstić information content (AvgIpc) is 3.32. The Labute approximate surface area is 178 Å². The van der Waals surface area contributed by atoms with Crippen LogP contribution in [0.15, 0.2) is 24.5 Å². The van der Waals surface area contributed by atoms with Gasteiger partial charge < -0.3 is 10.2 Å². The molecule has 2 N–H and O–H groups in total. The quantitative estimate of drug-likeness (QED) is 0.753. The van der Waals surface area contributed by atoms with Crippen LogP contribution in [0.25, 0.3) is 0 Å². The van der Waals surface area contributed by atoms with Crippen molar-refractivity contribution in [2.45, 2.75) is 63.3 Å². The molecule has 0 aromatic carbocycles. The number of hydrogen-bond donors (Lipinski definition) is 2. The standard InChI is InChI=1S/C23H33N5O2/c1-27-21(30)23(26-22(27)24,11-9-17-6-3-2-4-7-17)14-18-10-13-28(16-18)20(29)19-8-5-12-25-15-19/h5,8,12,15,17-18H,2-4,6-7,9-11,13-14,16H2,1H3,(H2,24,26)/t18-,23-/m0/s1. The number of likely N-dealkylation sites (tertiary alicyclic amines) is 1. The molecule has 0 spiro atoms. The van der Waals surface area contributed by atoms with E-state index < -0.39 is 5.54 Å². The molecule has 0 unspecified atom stereocenters. The third kappa shape index (κ3) is 4.20. The van der Waals surface area contributed by atoms with E-state index in [9.17, 15) is 9.59 Å². The van der Waals surface area contributed by atoms with E-state index in [4.69, 9.17) is 5.41 Å². The van der Waals surface area contributed by atoms with Crippen LogP contribution in [0.4, 0.5) is 0 Å². The fourth-order valence-electron chi connectivity index (χ4n) is 5.47. The van der Waals surface area contributed by atoms with Gasteiger partial charge in [-0.3, -0.25) is 24.9 Å². The minimum atomic E-state index is -0.693. The van der Waals surface area contributed by atoms with Gasteiger partial charge in [-0.2, -0.15) is 0 Å². The summed E-state index contributed by atoms with van der Waals surface area (Å²) in [6.07, 6.45) is 13.1. The lowest BCUT2D eigenvalue weighted by Gasteiger charge is -2.32. The van der Waals surface area contributed by atoms with Gasteiger partial charge in [0.2, 0.25) is 0 Å². The van der Waals surface area contributed by atoms with Crippen molar-refractivity contribution in [3.8, 4) is 0 Å². The van der Waals surface area contributed by atoms with Gasteiger partial charge in [0, 0.05) is 32.5 Å². The van der Waals surface area contributed by atoms with Crippen molar-refractivity contribution < 1.29 is 9.59 Å². The highest BCUT2D eigenvalue weighted by molar-refractivity contribution is 6.07. The van der Waals surface area contributed by atoms with Gasteiger partial charge in [0.1, 0.15) is 5.54 Å². The van der Waals surface area contributed by atoms with Crippen molar-refractivity contribution in [1.82, 2.24) is 20.1 Å². The van der Waals surface area contributed by atoms with Gasteiger partial charge in [-0.1, -0.05) is 32.1 Å². The van der Waals surface area contributed by atoms with Crippen molar-refractivity contribution in [2.24, 2.45) is 11.8 Å². The number of carbonyl (C=O) groups is 2. The predicted octanol–water partition coefficient (Wildman–Crippen LogP) is 3.03. The molecule has 2 amide bonds. The van der Waals surface area contributed by atoms with Crippen LogP contribution in [0.1, 0.15) is 68.1 Å². The minimum absolute atomic E-state index is 0.0115. The first kappa shape index (κ1) is 20.8. The summed E-state index contributed by atoms with van der Waals surface area (Å²) >= 11 is 0. The minimum Gasteiger partial charge on any atom is -0.342 e. The average molecular weight is 412 g/mol. The maximum absolute atomic E-state index is 13.2. The van der Waals surface area contributed by atoms with Gasteiger partial charge in [0.15, 0.2) is 5.96 Å². The molecule has 1 aromatic rings. The van der Waals surface area contributed by atoms with E-state index in [1.165, 1.54) is 37.0 Å². The van der Waals surface area contributed by atoms with E-state index in [-0.39, 0.29) is 23.7 Å². The molecule has 1 aromatic heterocycles. The van der Waals surface area contributed by atoms with Gasteiger partial charge in [0.05, 0.1) is 5.56 Å². The summed E-state index contributed by atoms with van der Waals surface area (Å²) in [7, 11) is 1.69. The molecule has 3 fully saturated rings. The molecular formula is C23H33N5O2. The normalized spacial score (nSPS) is 27.6. The van der Waals surface area contributed by atoms with Crippen LogP contribution in [-0.2, 0) is 4.79 Å². The molecule has 162 valence electrons.